The van der Waals surface area contributed by atoms with E-state index in [0.717, 1.165) is 56.3 Å². The molecule has 7 nitrogen and oxygen atoms in total. The van der Waals surface area contributed by atoms with Crippen molar-refractivity contribution < 1.29 is 23.8 Å². The number of benzene rings is 2. The van der Waals surface area contributed by atoms with Gasteiger partial charge in [-0.3, -0.25) is 0 Å². The summed E-state index contributed by atoms with van der Waals surface area (Å²) in [6.45, 7) is 4.54. The highest BCUT2D eigenvalue weighted by Crippen LogP contribution is 2.25. The number of allylic oxidation sites excluding steroid dienone is 1. The molecule has 186 valence electrons. The standard InChI is InChI=1S/C28H34N2O5/c1-2-3-4-15-33-25-10-12-26(13-11-25)35-28(32)22-8-5-20(6-9-22)7-14-27(31)34-19-21-16-23(29)18-24(30)17-21/h2,5-9,14,16-18,25-26H,1,3-4,10-13,15,19,29-30H2/b14-7+. The lowest BCUT2D eigenvalue weighted by atomic mass is 9.95. The van der Waals surface area contributed by atoms with Crippen LogP contribution < -0.4 is 11.5 Å². The van der Waals surface area contributed by atoms with Gasteiger partial charge in [-0.25, -0.2) is 9.59 Å². The van der Waals surface area contributed by atoms with Crippen LogP contribution in [-0.2, 0) is 25.6 Å². The third kappa shape index (κ3) is 8.94. The van der Waals surface area contributed by atoms with Crippen LogP contribution in [0.25, 0.3) is 6.08 Å². The van der Waals surface area contributed by atoms with Gasteiger partial charge in [0.05, 0.1) is 11.7 Å². The molecule has 1 aliphatic carbocycles. The Morgan fingerprint density at radius 3 is 2.29 bits per heavy atom. The molecule has 0 spiro atoms. The number of ether oxygens (including phenoxy) is 3. The van der Waals surface area contributed by atoms with Gasteiger partial charge >= 0.3 is 11.9 Å². The fraction of sp³-hybridized carbons (Fsp3) is 0.357. The molecule has 35 heavy (non-hydrogen) atoms. The van der Waals surface area contributed by atoms with Crippen LogP contribution in [0.1, 0.15) is 60.0 Å². The largest absolute Gasteiger partial charge is 0.459 e. The van der Waals surface area contributed by atoms with Gasteiger partial charge in [0, 0.05) is 24.1 Å². The van der Waals surface area contributed by atoms with E-state index in [1.165, 1.54) is 6.08 Å². The van der Waals surface area contributed by atoms with Crippen molar-refractivity contribution in [1.82, 2.24) is 0 Å². The Kier molecular flexibility index (Phi) is 9.93. The van der Waals surface area contributed by atoms with Crippen LogP contribution in [0.15, 0.2) is 61.2 Å². The van der Waals surface area contributed by atoms with Crippen molar-refractivity contribution in [1.29, 1.82) is 0 Å². The van der Waals surface area contributed by atoms with Crippen LogP contribution in [-0.4, -0.2) is 30.8 Å². The van der Waals surface area contributed by atoms with Crippen LogP contribution in [0.2, 0.25) is 0 Å². The summed E-state index contributed by atoms with van der Waals surface area (Å²) >= 11 is 0. The van der Waals surface area contributed by atoms with Crippen LogP contribution >= 0.6 is 0 Å². The fourth-order valence-electron chi connectivity index (χ4n) is 3.94. The molecule has 0 unspecified atom stereocenters. The molecule has 7 heteroatoms. The zero-order chi connectivity index (χ0) is 25.0. The number of carbonyl (C=O) groups excluding carboxylic acids is 2. The van der Waals surface area contributed by atoms with E-state index in [-0.39, 0.29) is 24.8 Å². The molecule has 1 saturated carbocycles. The number of hydrogen-bond acceptors (Lipinski definition) is 7. The number of rotatable bonds is 11. The first kappa shape index (κ1) is 26.0. The Bertz CT molecular complexity index is 1000. The molecule has 0 aromatic heterocycles. The summed E-state index contributed by atoms with van der Waals surface area (Å²) in [5.74, 6) is -0.827. The lowest BCUT2D eigenvalue weighted by Gasteiger charge is -2.28. The highest BCUT2D eigenvalue weighted by atomic mass is 16.5. The molecule has 0 heterocycles. The lowest BCUT2D eigenvalue weighted by molar-refractivity contribution is -0.138. The van der Waals surface area contributed by atoms with Gasteiger partial charge in [0.15, 0.2) is 0 Å². The first-order valence-electron chi connectivity index (χ1n) is 12.0. The van der Waals surface area contributed by atoms with E-state index < -0.39 is 5.97 Å². The Labute approximate surface area is 206 Å². The normalized spacial score (nSPS) is 17.7. The number of nitrogens with two attached hydrogens (primary N) is 2. The number of anilines is 2. The third-order valence-electron chi connectivity index (χ3n) is 5.78. The topological polar surface area (TPSA) is 114 Å². The molecule has 2 aromatic rings. The van der Waals surface area contributed by atoms with E-state index in [9.17, 15) is 9.59 Å². The van der Waals surface area contributed by atoms with Gasteiger partial charge in [-0.05, 0) is 86.1 Å². The minimum absolute atomic E-state index is 0.0759. The molecule has 0 amide bonds. The minimum Gasteiger partial charge on any atom is -0.459 e. The van der Waals surface area contributed by atoms with Gasteiger partial charge in [0.1, 0.15) is 12.7 Å². The molecule has 1 fully saturated rings. The summed E-state index contributed by atoms with van der Waals surface area (Å²) in [5, 5.41) is 0. The van der Waals surface area contributed by atoms with Crippen LogP contribution in [0.3, 0.4) is 0 Å². The maximum Gasteiger partial charge on any atom is 0.338 e. The SMILES string of the molecule is C=CCCCOC1CCC(OC(=O)c2ccc(/C=C/C(=O)OCc3cc(N)cc(N)c3)cc2)CC1. The van der Waals surface area contributed by atoms with Gasteiger partial charge in [-0.15, -0.1) is 6.58 Å². The molecule has 3 rings (SSSR count). The van der Waals surface area contributed by atoms with E-state index >= 15 is 0 Å². The maximum atomic E-state index is 12.5. The first-order chi connectivity index (χ1) is 16.9. The highest BCUT2D eigenvalue weighted by Gasteiger charge is 2.24. The van der Waals surface area contributed by atoms with Crippen LogP contribution in [0.5, 0.6) is 0 Å². The Morgan fingerprint density at radius 2 is 1.63 bits per heavy atom. The summed E-state index contributed by atoms with van der Waals surface area (Å²) < 4.78 is 16.8. The van der Waals surface area contributed by atoms with Crippen LogP contribution in [0, 0.1) is 0 Å². The quantitative estimate of drug-likeness (QED) is 0.153. The van der Waals surface area contributed by atoms with Gasteiger partial charge in [-0.1, -0.05) is 18.2 Å². The van der Waals surface area contributed by atoms with Gasteiger partial charge in [0.25, 0.3) is 0 Å². The van der Waals surface area contributed by atoms with Crippen molar-refractivity contribution in [3.63, 3.8) is 0 Å². The lowest BCUT2D eigenvalue weighted by Crippen LogP contribution is -2.28. The van der Waals surface area contributed by atoms with E-state index in [0.29, 0.717) is 16.9 Å². The third-order valence-corrected chi connectivity index (χ3v) is 5.78. The predicted molar refractivity (Wildman–Crippen MR) is 137 cm³/mol. The number of unbranched alkanes of at least 4 members (excludes halogenated alkanes) is 1. The molecule has 4 N–H and O–H groups in total. The molecular weight excluding hydrogens is 444 g/mol. The van der Waals surface area contributed by atoms with E-state index in [4.69, 9.17) is 25.7 Å². The van der Waals surface area contributed by atoms with Crippen molar-refractivity contribution >= 4 is 29.4 Å². The van der Waals surface area contributed by atoms with Crippen molar-refractivity contribution in [2.24, 2.45) is 0 Å². The summed E-state index contributed by atoms with van der Waals surface area (Å²) in [6, 6.07) is 11.9. The van der Waals surface area contributed by atoms with E-state index in [1.807, 2.05) is 6.08 Å². The van der Waals surface area contributed by atoms with Crippen molar-refractivity contribution in [3.05, 3.63) is 77.9 Å². The Morgan fingerprint density at radius 1 is 0.971 bits per heavy atom. The number of hydrogen-bond donors (Lipinski definition) is 2. The first-order valence-corrected chi connectivity index (χ1v) is 12.0. The monoisotopic (exact) mass is 478 g/mol. The molecule has 2 aromatic carbocycles. The molecule has 0 saturated heterocycles. The second kappa shape index (κ2) is 13.3. The molecule has 0 atom stereocenters. The van der Waals surface area contributed by atoms with Gasteiger partial charge in [-0.2, -0.15) is 0 Å². The van der Waals surface area contributed by atoms with Gasteiger partial charge in [0.2, 0.25) is 0 Å². The number of nitrogen functional groups attached to an aromatic ring is 2. The maximum absolute atomic E-state index is 12.5. The average Bonchev–Trinajstić information content (AvgIpc) is 2.85. The number of carbonyl (C=O) groups is 2. The summed E-state index contributed by atoms with van der Waals surface area (Å²) in [7, 11) is 0. The molecule has 0 radical (unpaired) electrons. The van der Waals surface area contributed by atoms with Gasteiger partial charge < -0.3 is 25.7 Å². The van der Waals surface area contributed by atoms with Crippen molar-refractivity contribution in [3.8, 4) is 0 Å². The second-order valence-electron chi connectivity index (χ2n) is 8.68. The summed E-state index contributed by atoms with van der Waals surface area (Å²) in [6.07, 6.45) is 10.4. The highest BCUT2D eigenvalue weighted by molar-refractivity contribution is 5.90. The Balaban J connectivity index is 1.40. The molecule has 0 bridgehead atoms. The van der Waals surface area contributed by atoms with Crippen molar-refractivity contribution in [2.45, 2.75) is 57.3 Å². The van der Waals surface area contributed by atoms with E-state index in [2.05, 4.69) is 6.58 Å². The smallest absolute Gasteiger partial charge is 0.338 e. The molecular formula is C28H34N2O5. The fourth-order valence-corrected chi connectivity index (χ4v) is 3.94. The number of esters is 2. The summed E-state index contributed by atoms with van der Waals surface area (Å²) in [5.41, 5.74) is 14.5. The second-order valence-corrected chi connectivity index (χ2v) is 8.68. The predicted octanol–water partition coefficient (Wildman–Crippen LogP) is 5.06. The van der Waals surface area contributed by atoms with Crippen LogP contribution in [0.4, 0.5) is 11.4 Å². The zero-order valence-electron chi connectivity index (χ0n) is 20.0. The minimum atomic E-state index is -0.491. The average molecular weight is 479 g/mol. The van der Waals surface area contributed by atoms with E-state index in [1.54, 1.807) is 48.5 Å². The molecule has 0 aliphatic heterocycles. The summed E-state index contributed by atoms with van der Waals surface area (Å²) in [4.78, 5) is 24.5. The Hall–Kier alpha value is -3.58. The van der Waals surface area contributed by atoms with Crippen molar-refractivity contribution in [2.75, 3.05) is 18.1 Å². The molecule has 1 aliphatic rings. The zero-order valence-corrected chi connectivity index (χ0v) is 20.0.